The van der Waals surface area contributed by atoms with E-state index in [1.807, 2.05) is 32.9 Å². The summed E-state index contributed by atoms with van der Waals surface area (Å²) >= 11 is 0. The third-order valence-corrected chi connectivity index (χ3v) is 3.65. The maximum absolute atomic E-state index is 12.0. The minimum absolute atomic E-state index is 0.00107. The van der Waals surface area contributed by atoms with Crippen molar-refractivity contribution in [3.8, 4) is 0 Å². The van der Waals surface area contributed by atoms with E-state index in [4.69, 9.17) is 0 Å². The lowest BCUT2D eigenvalue weighted by atomic mass is 9.96. The molecule has 18 heavy (non-hydrogen) atoms. The summed E-state index contributed by atoms with van der Waals surface area (Å²) in [6.07, 6.45) is 1.72. The predicted molar refractivity (Wildman–Crippen MR) is 77.4 cm³/mol. The van der Waals surface area contributed by atoms with Gasteiger partial charge in [-0.05, 0) is 16.3 Å². The molecule has 1 amide bonds. The van der Waals surface area contributed by atoms with Crippen LogP contribution in [0.25, 0.3) is 0 Å². The highest BCUT2D eigenvalue weighted by Gasteiger charge is 2.23. The topological polar surface area (TPSA) is 42.0 Å². The van der Waals surface area contributed by atoms with Crippen LogP contribution < -0.4 is 10.5 Å². The SMILES string of the molecule is CC(C)(C)[Si]c1cccnc1NC(=O)C(C)(C)C. The van der Waals surface area contributed by atoms with Gasteiger partial charge in [0.25, 0.3) is 0 Å². The van der Waals surface area contributed by atoms with E-state index in [0.29, 0.717) is 15.3 Å². The monoisotopic (exact) mass is 262 g/mol. The molecule has 0 saturated carbocycles. The smallest absolute Gasteiger partial charge is 0.230 e. The number of rotatable bonds is 2. The highest BCUT2D eigenvalue weighted by atomic mass is 28.2. The molecule has 0 spiro atoms. The van der Waals surface area contributed by atoms with Gasteiger partial charge in [-0.25, -0.2) is 4.98 Å². The number of hydrogen-bond donors (Lipinski definition) is 1. The number of aromatic nitrogens is 1. The van der Waals surface area contributed by atoms with Gasteiger partial charge in [0.15, 0.2) is 0 Å². The van der Waals surface area contributed by atoms with Gasteiger partial charge in [0.1, 0.15) is 5.82 Å². The molecule has 0 saturated heterocycles. The van der Waals surface area contributed by atoms with Crippen LogP contribution in [0.3, 0.4) is 0 Å². The Morgan fingerprint density at radius 2 is 1.83 bits per heavy atom. The number of carbonyl (C=O) groups excluding carboxylic acids is 1. The molecule has 0 aliphatic carbocycles. The van der Waals surface area contributed by atoms with Crippen LogP contribution in [0.5, 0.6) is 0 Å². The minimum atomic E-state index is -0.403. The zero-order valence-electron chi connectivity index (χ0n) is 12.1. The molecular weight excluding hydrogens is 240 g/mol. The number of amides is 1. The van der Waals surface area contributed by atoms with Crippen LogP contribution in [0.15, 0.2) is 18.3 Å². The zero-order chi connectivity index (χ0) is 14.0. The summed E-state index contributed by atoms with van der Waals surface area (Å²) < 4.78 is 0. The molecule has 3 nitrogen and oxygen atoms in total. The minimum Gasteiger partial charge on any atom is -0.310 e. The Kier molecular flexibility index (Phi) is 4.32. The summed E-state index contributed by atoms with van der Waals surface area (Å²) in [5.41, 5.74) is -0.403. The van der Waals surface area contributed by atoms with Crippen LogP contribution in [0.4, 0.5) is 5.82 Å². The predicted octanol–water partition coefficient (Wildman–Crippen LogP) is 2.61. The fourth-order valence-electron chi connectivity index (χ4n) is 1.30. The summed E-state index contributed by atoms with van der Waals surface area (Å²) in [6.45, 7) is 12.3. The van der Waals surface area contributed by atoms with Gasteiger partial charge in [0.05, 0.1) is 9.52 Å². The fourth-order valence-corrected chi connectivity index (χ4v) is 2.54. The first kappa shape index (κ1) is 14.9. The van der Waals surface area contributed by atoms with Crippen LogP contribution in [-0.2, 0) is 4.79 Å². The number of anilines is 1. The lowest BCUT2D eigenvalue weighted by molar-refractivity contribution is -0.123. The van der Waals surface area contributed by atoms with E-state index < -0.39 is 5.41 Å². The summed E-state index contributed by atoms with van der Waals surface area (Å²) in [7, 11) is 0.618. The number of carbonyl (C=O) groups is 1. The van der Waals surface area contributed by atoms with E-state index in [9.17, 15) is 4.79 Å². The van der Waals surface area contributed by atoms with Gasteiger partial charge in [-0.2, -0.15) is 0 Å². The standard InChI is InChI=1S/C14H22N2OSi/c1-13(2,3)12(17)16-11-10(8-7-9-15-11)18-14(4,5)6/h7-9H,1-6H3,(H,15,16,17). The highest BCUT2D eigenvalue weighted by molar-refractivity contribution is 6.58. The Balaban J connectivity index is 2.93. The molecule has 1 rings (SSSR count). The average molecular weight is 262 g/mol. The maximum atomic E-state index is 12.0. The first-order chi connectivity index (χ1) is 8.09. The molecule has 1 aromatic rings. The van der Waals surface area contributed by atoms with Crippen LogP contribution in [0, 0.1) is 5.41 Å². The summed E-state index contributed by atoms with van der Waals surface area (Å²) in [6, 6.07) is 3.95. The molecule has 0 atom stereocenters. The lowest BCUT2D eigenvalue weighted by Crippen LogP contribution is -2.33. The lowest BCUT2D eigenvalue weighted by Gasteiger charge is -2.21. The molecule has 4 heteroatoms. The Morgan fingerprint density at radius 3 is 2.33 bits per heavy atom. The van der Waals surface area contributed by atoms with Gasteiger partial charge < -0.3 is 5.32 Å². The molecule has 0 unspecified atom stereocenters. The molecule has 2 radical (unpaired) electrons. The molecule has 0 aromatic carbocycles. The van der Waals surface area contributed by atoms with Crippen molar-refractivity contribution in [2.24, 2.45) is 5.41 Å². The van der Waals surface area contributed by atoms with Gasteiger partial charge in [0, 0.05) is 11.6 Å². The largest absolute Gasteiger partial charge is 0.310 e. The van der Waals surface area contributed by atoms with Crippen molar-refractivity contribution in [1.82, 2.24) is 4.98 Å². The molecule has 0 aliphatic rings. The van der Waals surface area contributed by atoms with Crippen molar-refractivity contribution >= 4 is 26.4 Å². The second kappa shape index (κ2) is 5.22. The normalized spacial score (nSPS) is 12.3. The Morgan fingerprint density at radius 1 is 1.22 bits per heavy atom. The fraction of sp³-hybridized carbons (Fsp3) is 0.571. The van der Waals surface area contributed by atoms with Gasteiger partial charge in [-0.3, -0.25) is 4.79 Å². The first-order valence-electron chi connectivity index (χ1n) is 6.14. The van der Waals surface area contributed by atoms with Gasteiger partial charge in [0.2, 0.25) is 5.91 Å². The van der Waals surface area contributed by atoms with Gasteiger partial charge >= 0.3 is 0 Å². The van der Waals surface area contributed by atoms with Crippen LogP contribution in [-0.4, -0.2) is 20.4 Å². The first-order valence-corrected chi connectivity index (χ1v) is 7.14. The van der Waals surface area contributed by atoms with Crippen molar-refractivity contribution in [3.05, 3.63) is 18.3 Å². The van der Waals surface area contributed by atoms with E-state index in [2.05, 4.69) is 31.1 Å². The van der Waals surface area contributed by atoms with E-state index >= 15 is 0 Å². The van der Waals surface area contributed by atoms with Crippen molar-refractivity contribution in [3.63, 3.8) is 0 Å². The van der Waals surface area contributed by atoms with Crippen molar-refractivity contribution in [2.75, 3.05) is 5.32 Å². The van der Waals surface area contributed by atoms with E-state index in [1.54, 1.807) is 6.20 Å². The molecule has 1 aromatic heterocycles. The molecule has 1 N–H and O–H groups in total. The number of pyridine rings is 1. The zero-order valence-corrected chi connectivity index (χ0v) is 13.1. The number of hydrogen-bond acceptors (Lipinski definition) is 2. The number of nitrogens with one attached hydrogen (secondary N) is 1. The summed E-state index contributed by atoms with van der Waals surface area (Å²) in [5.74, 6) is 0.701. The van der Waals surface area contributed by atoms with Gasteiger partial charge in [-0.1, -0.05) is 47.6 Å². The van der Waals surface area contributed by atoms with Crippen molar-refractivity contribution < 1.29 is 4.79 Å². The molecule has 98 valence electrons. The van der Waals surface area contributed by atoms with Crippen molar-refractivity contribution in [1.29, 1.82) is 0 Å². The Labute approximate surface area is 112 Å². The summed E-state index contributed by atoms with van der Waals surface area (Å²) in [5, 5.41) is 4.24. The summed E-state index contributed by atoms with van der Waals surface area (Å²) in [4.78, 5) is 16.3. The Hall–Kier alpha value is -1.16. The van der Waals surface area contributed by atoms with Crippen molar-refractivity contribution in [2.45, 2.75) is 46.6 Å². The molecule has 0 fully saturated rings. The number of nitrogens with zero attached hydrogens (tertiary/aromatic N) is 1. The molecule has 0 bridgehead atoms. The molecule has 0 aliphatic heterocycles. The third kappa shape index (κ3) is 4.60. The van der Waals surface area contributed by atoms with Crippen LogP contribution >= 0.6 is 0 Å². The van der Waals surface area contributed by atoms with E-state index in [0.717, 1.165) is 5.19 Å². The quantitative estimate of drug-likeness (QED) is 0.833. The molecular formula is C14H22N2OSi. The Bertz CT molecular complexity index is 430. The van der Waals surface area contributed by atoms with E-state index in [1.165, 1.54) is 0 Å². The van der Waals surface area contributed by atoms with E-state index in [-0.39, 0.29) is 10.9 Å². The second-order valence-electron chi connectivity index (χ2n) is 6.48. The molecule has 1 heterocycles. The highest BCUT2D eigenvalue weighted by Crippen LogP contribution is 2.21. The second-order valence-corrected chi connectivity index (χ2v) is 8.77. The van der Waals surface area contributed by atoms with Crippen LogP contribution in [0.2, 0.25) is 5.04 Å². The maximum Gasteiger partial charge on any atom is 0.230 e. The third-order valence-electron chi connectivity index (χ3n) is 2.23. The average Bonchev–Trinajstić information content (AvgIpc) is 2.17. The van der Waals surface area contributed by atoms with Crippen LogP contribution in [0.1, 0.15) is 41.5 Å². The van der Waals surface area contributed by atoms with Gasteiger partial charge in [-0.15, -0.1) is 0 Å².